The summed E-state index contributed by atoms with van der Waals surface area (Å²) >= 11 is 0. The number of rotatable bonds is 2. The van der Waals surface area contributed by atoms with Crippen LogP contribution in [0.1, 0.15) is 36.5 Å². The summed E-state index contributed by atoms with van der Waals surface area (Å²) in [4.78, 5) is 40.2. The highest BCUT2D eigenvalue weighted by Crippen LogP contribution is 2.52. The van der Waals surface area contributed by atoms with Gasteiger partial charge in [-0.1, -0.05) is 18.8 Å². The van der Waals surface area contributed by atoms with E-state index in [0.29, 0.717) is 17.5 Å². The first kappa shape index (κ1) is 23.5. The third kappa shape index (κ3) is 3.06. The molecule has 0 aromatic heterocycles. The Hall–Kier alpha value is -3.61. The van der Waals surface area contributed by atoms with Crippen molar-refractivity contribution in [3.63, 3.8) is 0 Å². The predicted octanol–water partition coefficient (Wildman–Crippen LogP) is 0.725. The molecule has 1 fully saturated rings. The number of ketones is 2. The number of aliphatic hydroxyl groups is 3. The Morgan fingerprint density at radius 1 is 1.24 bits per heavy atom. The van der Waals surface area contributed by atoms with Gasteiger partial charge in [-0.15, -0.1) is 0 Å². The average Bonchev–Trinajstić information content (AvgIpc) is 2.75. The molecule has 4 rings (SSSR count). The third-order valence-electron chi connectivity index (χ3n) is 7.00. The summed E-state index contributed by atoms with van der Waals surface area (Å²) in [5.74, 6) is -0.706. The Bertz CT molecular complexity index is 1260. The highest BCUT2D eigenvalue weighted by molar-refractivity contribution is 6.24. The summed E-state index contributed by atoms with van der Waals surface area (Å²) in [5.41, 5.74) is 2.86. The number of hydrogen-bond acceptors (Lipinski definition) is 8. The lowest BCUT2D eigenvalue weighted by atomic mass is 9.57. The molecule has 6 N–H and O–H groups in total. The van der Waals surface area contributed by atoms with E-state index in [1.165, 1.54) is 11.0 Å². The largest absolute Gasteiger partial charge is 0.508 e. The number of nitrogens with zero attached hydrogens (tertiary/aromatic N) is 1. The number of carbonyl (C=O) groups excluding carboxylic acids is 3. The van der Waals surface area contributed by atoms with Crippen molar-refractivity contribution < 1.29 is 34.8 Å². The quantitative estimate of drug-likeness (QED) is 0.315. The Balaban J connectivity index is 1.98. The minimum atomic E-state index is -2.64. The maximum absolute atomic E-state index is 13.7. The number of phenols is 1. The first-order valence-electron chi connectivity index (χ1n) is 10.9. The van der Waals surface area contributed by atoms with Crippen molar-refractivity contribution in [2.24, 2.45) is 17.6 Å². The van der Waals surface area contributed by atoms with Gasteiger partial charge in [0.1, 0.15) is 22.8 Å². The van der Waals surface area contributed by atoms with Gasteiger partial charge < -0.3 is 26.2 Å². The smallest absolute Gasteiger partial charge is 0.255 e. The van der Waals surface area contributed by atoms with Crippen LogP contribution in [-0.4, -0.2) is 68.5 Å². The highest BCUT2D eigenvalue weighted by Gasteiger charge is 2.64. The van der Waals surface area contributed by atoms with E-state index < -0.39 is 58.0 Å². The number of nitrogens with two attached hydrogens (primary N) is 1. The normalized spacial score (nSPS) is 28.2. The molecule has 0 aliphatic heterocycles. The second kappa shape index (κ2) is 8.01. The second-order valence-electron chi connectivity index (χ2n) is 9.10. The third-order valence-corrected chi connectivity index (χ3v) is 7.00. The number of aromatic hydroxyl groups is 1. The number of likely N-dealkylation sites (N-methyl/N-ethyl adjacent to an activating group) is 1. The molecule has 178 valence electrons. The molecule has 1 amide bonds. The van der Waals surface area contributed by atoms with E-state index in [1.54, 1.807) is 20.2 Å². The Morgan fingerprint density at radius 3 is 2.50 bits per heavy atom. The molecule has 9 heteroatoms. The maximum atomic E-state index is 13.7. The van der Waals surface area contributed by atoms with Crippen molar-refractivity contribution in [3.8, 4) is 17.6 Å². The van der Waals surface area contributed by atoms with E-state index in [2.05, 4.69) is 11.8 Å². The van der Waals surface area contributed by atoms with E-state index in [4.69, 9.17) is 5.73 Å². The van der Waals surface area contributed by atoms with Crippen LogP contribution in [0.2, 0.25) is 0 Å². The molecule has 0 heterocycles. The van der Waals surface area contributed by atoms with Gasteiger partial charge >= 0.3 is 0 Å². The molecule has 1 saturated carbocycles. The number of Topliss-reactive ketones (excluding diaryl/α,β-unsaturated/α-hetero) is 2. The number of aliphatic hydroxyl groups excluding tert-OH is 2. The Morgan fingerprint density at radius 2 is 1.91 bits per heavy atom. The number of carbonyl (C=O) groups is 3. The number of benzene rings is 1. The first-order chi connectivity index (χ1) is 16.0. The lowest BCUT2D eigenvalue weighted by Crippen LogP contribution is -2.65. The summed E-state index contributed by atoms with van der Waals surface area (Å²) in [7, 11) is 3.12. The van der Waals surface area contributed by atoms with Crippen LogP contribution < -0.4 is 5.73 Å². The summed E-state index contributed by atoms with van der Waals surface area (Å²) < 4.78 is 0. The van der Waals surface area contributed by atoms with Crippen LogP contribution in [-0.2, 0) is 20.8 Å². The zero-order valence-electron chi connectivity index (χ0n) is 19.0. The standard InChI is InChI=1S/C25H26N2O7/c1-4-5-6-11-7-8-15(28)17-13(11)9-12-10-14-19(27(2)3)21(30)18(24(26)33)23(32)25(14,34)22(31)16(12)20(17)29/h7-8,12,14,19,28-29,32,34H,4,9-10H2,1-3H3,(H2,26,33)/t12-,14-,19-,25-/m1/s1. The van der Waals surface area contributed by atoms with Crippen molar-refractivity contribution in [3.05, 3.63) is 45.7 Å². The van der Waals surface area contributed by atoms with Gasteiger partial charge in [-0.05, 0) is 50.6 Å². The lowest BCUT2D eigenvalue weighted by Gasteiger charge is -2.50. The van der Waals surface area contributed by atoms with Gasteiger partial charge in [0.15, 0.2) is 11.4 Å². The van der Waals surface area contributed by atoms with Crippen LogP contribution in [0.15, 0.2) is 29.0 Å². The minimum Gasteiger partial charge on any atom is -0.508 e. The average molecular weight is 466 g/mol. The van der Waals surface area contributed by atoms with Crippen LogP contribution in [0.4, 0.5) is 0 Å². The fourth-order valence-corrected chi connectivity index (χ4v) is 5.54. The summed E-state index contributed by atoms with van der Waals surface area (Å²) in [5, 5.41) is 44.0. The van der Waals surface area contributed by atoms with E-state index >= 15 is 0 Å². The van der Waals surface area contributed by atoms with Crippen LogP contribution in [0, 0.1) is 23.7 Å². The Kier molecular flexibility index (Phi) is 5.55. The second-order valence-corrected chi connectivity index (χ2v) is 9.10. The van der Waals surface area contributed by atoms with Gasteiger partial charge in [0.05, 0.1) is 11.6 Å². The first-order valence-corrected chi connectivity index (χ1v) is 10.9. The van der Waals surface area contributed by atoms with E-state index in [0.717, 1.165) is 0 Å². The molecule has 0 bridgehead atoms. The molecule has 4 atom stereocenters. The van der Waals surface area contributed by atoms with Gasteiger partial charge in [0.25, 0.3) is 5.91 Å². The fourth-order valence-electron chi connectivity index (χ4n) is 5.54. The van der Waals surface area contributed by atoms with E-state index in [9.17, 15) is 34.8 Å². The molecule has 3 aliphatic carbocycles. The molecular formula is C25H26N2O7. The van der Waals surface area contributed by atoms with E-state index in [-0.39, 0.29) is 29.7 Å². The molecule has 1 aromatic carbocycles. The lowest BCUT2D eigenvalue weighted by molar-refractivity contribution is -0.153. The van der Waals surface area contributed by atoms with Crippen molar-refractivity contribution in [2.75, 3.05) is 14.1 Å². The number of primary amides is 1. The van der Waals surface area contributed by atoms with Gasteiger partial charge in [0.2, 0.25) is 5.78 Å². The van der Waals surface area contributed by atoms with E-state index in [1.807, 2.05) is 6.92 Å². The van der Waals surface area contributed by atoms with Crippen LogP contribution in [0.3, 0.4) is 0 Å². The summed E-state index contributed by atoms with van der Waals surface area (Å²) in [6, 6.07) is 1.89. The molecule has 3 aliphatic rings. The highest BCUT2D eigenvalue weighted by atomic mass is 16.3. The van der Waals surface area contributed by atoms with Gasteiger partial charge in [0, 0.05) is 23.5 Å². The summed E-state index contributed by atoms with van der Waals surface area (Å²) in [6.45, 7) is 1.89. The van der Waals surface area contributed by atoms with Crippen LogP contribution in [0.5, 0.6) is 5.75 Å². The zero-order valence-corrected chi connectivity index (χ0v) is 19.0. The molecule has 1 aromatic rings. The topological polar surface area (TPSA) is 161 Å². The molecule has 0 spiro atoms. The van der Waals surface area contributed by atoms with Crippen LogP contribution in [0.25, 0.3) is 5.76 Å². The van der Waals surface area contributed by atoms with Crippen molar-refractivity contribution in [1.82, 2.24) is 4.90 Å². The summed E-state index contributed by atoms with van der Waals surface area (Å²) in [6.07, 6.45) is 0.860. The number of amides is 1. The number of hydrogen-bond donors (Lipinski definition) is 5. The number of phenolic OH excluding ortho intramolecular Hbond substituents is 1. The minimum absolute atomic E-state index is 0.0409. The van der Waals surface area contributed by atoms with Gasteiger partial charge in [-0.3, -0.25) is 19.3 Å². The molecule has 9 nitrogen and oxygen atoms in total. The van der Waals surface area contributed by atoms with Crippen molar-refractivity contribution >= 4 is 23.2 Å². The Labute approximate surface area is 196 Å². The maximum Gasteiger partial charge on any atom is 0.255 e. The molecular weight excluding hydrogens is 440 g/mol. The monoisotopic (exact) mass is 466 g/mol. The van der Waals surface area contributed by atoms with Crippen molar-refractivity contribution in [1.29, 1.82) is 0 Å². The fraction of sp³-hybridized carbons (Fsp3) is 0.400. The molecule has 34 heavy (non-hydrogen) atoms. The van der Waals surface area contributed by atoms with Gasteiger partial charge in [-0.2, -0.15) is 0 Å². The molecule has 0 radical (unpaired) electrons. The predicted molar refractivity (Wildman–Crippen MR) is 121 cm³/mol. The van der Waals surface area contributed by atoms with Gasteiger partial charge in [-0.25, -0.2) is 0 Å². The molecule has 0 saturated heterocycles. The SMILES string of the molecule is CCC#Cc1ccc(O)c2c1C[C@@H]1C[C@@H]3[C@@H](N(C)C)C(=O)C(C(N)=O)=C(O)[C@]3(O)C(=O)C1=C2O. The van der Waals surface area contributed by atoms with Crippen molar-refractivity contribution in [2.45, 2.75) is 37.8 Å². The van der Waals surface area contributed by atoms with Crippen LogP contribution >= 0.6 is 0 Å². The molecule has 0 unspecified atom stereocenters. The number of fused-ring (bicyclic) bond motifs is 3. The zero-order chi connectivity index (χ0) is 25.1.